The molecular formula is C18H18N2O2. The van der Waals surface area contributed by atoms with Crippen LogP contribution in [-0.4, -0.2) is 22.1 Å². The summed E-state index contributed by atoms with van der Waals surface area (Å²) in [5.74, 6) is -0.200. The fourth-order valence-corrected chi connectivity index (χ4v) is 2.66. The van der Waals surface area contributed by atoms with Gasteiger partial charge in [-0.25, -0.2) is 4.98 Å². The molecule has 0 aliphatic carbocycles. The van der Waals surface area contributed by atoms with Gasteiger partial charge in [0, 0.05) is 0 Å². The summed E-state index contributed by atoms with van der Waals surface area (Å²) < 4.78 is 7.17. The van der Waals surface area contributed by atoms with Crippen LogP contribution in [0.5, 0.6) is 0 Å². The fraction of sp³-hybridized carbons (Fsp3) is 0.222. The molecule has 0 N–H and O–H groups in total. The molecule has 2 aromatic carbocycles. The molecule has 0 spiro atoms. The maximum Gasteiger partial charge on any atom is 0.308 e. The highest BCUT2D eigenvalue weighted by molar-refractivity contribution is 5.76. The van der Waals surface area contributed by atoms with E-state index in [-0.39, 0.29) is 18.4 Å². The molecule has 1 atom stereocenters. The van der Waals surface area contributed by atoms with Crippen LogP contribution in [0, 0.1) is 0 Å². The summed E-state index contributed by atoms with van der Waals surface area (Å²) in [4.78, 5) is 16.4. The number of fused-ring (bicyclic) bond motifs is 1. The normalized spacial score (nSPS) is 12.2. The highest BCUT2D eigenvalue weighted by Crippen LogP contribution is 2.26. The van der Waals surface area contributed by atoms with Crippen molar-refractivity contribution in [1.29, 1.82) is 0 Å². The minimum Gasteiger partial charge on any atom is -0.466 e. The number of rotatable bonds is 5. The van der Waals surface area contributed by atoms with Crippen LogP contribution in [0.15, 0.2) is 60.9 Å². The lowest BCUT2D eigenvalue weighted by atomic mass is 10.0. The Morgan fingerprint density at radius 3 is 2.64 bits per heavy atom. The first-order valence-electron chi connectivity index (χ1n) is 7.41. The molecule has 0 fully saturated rings. The van der Waals surface area contributed by atoms with Crippen LogP contribution >= 0.6 is 0 Å². The molecule has 3 aromatic rings. The van der Waals surface area contributed by atoms with E-state index in [0.29, 0.717) is 6.61 Å². The molecule has 0 radical (unpaired) electrons. The van der Waals surface area contributed by atoms with Gasteiger partial charge in [0.05, 0.1) is 36.4 Å². The van der Waals surface area contributed by atoms with Crippen LogP contribution in [0.3, 0.4) is 0 Å². The van der Waals surface area contributed by atoms with E-state index in [4.69, 9.17) is 4.74 Å². The van der Waals surface area contributed by atoms with Crippen molar-refractivity contribution in [2.45, 2.75) is 19.4 Å². The predicted octanol–water partition coefficient (Wildman–Crippen LogP) is 3.58. The summed E-state index contributed by atoms with van der Waals surface area (Å²) in [6.45, 7) is 2.22. The summed E-state index contributed by atoms with van der Waals surface area (Å²) in [5, 5.41) is 0. The van der Waals surface area contributed by atoms with Gasteiger partial charge in [-0.2, -0.15) is 0 Å². The molecule has 112 valence electrons. The Hall–Kier alpha value is -2.62. The number of hydrogen-bond donors (Lipinski definition) is 0. The minimum atomic E-state index is -0.200. The van der Waals surface area contributed by atoms with Crippen molar-refractivity contribution in [2.24, 2.45) is 0 Å². The zero-order valence-electron chi connectivity index (χ0n) is 12.5. The van der Waals surface area contributed by atoms with Crippen LogP contribution in [-0.2, 0) is 9.53 Å². The van der Waals surface area contributed by atoms with E-state index in [9.17, 15) is 4.79 Å². The van der Waals surface area contributed by atoms with Crippen molar-refractivity contribution < 1.29 is 9.53 Å². The number of esters is 1. The van der Waals surface area contributed by atoms with E-state index < -0.39 is 0 Å². The van der Waals surface area contributed by atoms with Crippen molar-refractivity contribution in [3.05, 3.63) is 66.5 Å². The quantitative estimate of drug-likeness (QED) is 0.676. The zero-order valence-corrected chi connectivity index (χ0v) is 12.5. The summed E-state index contributed by atoms with van der Waals surface area (Å²) in [6.07, 6.45) is 2.08. The topological polar surface area (TPSA) is 44.1 Å². The fourth-order valence-electron chi connectivity index (χ4n) is 2.66. The monoisotopic (exact) mass is 294 g/mol. The van der Waals surface area contributed by atoms with Crippen molar-refractivity contribution in [2.75, 3.05) is 6.61 Å². The standard InChI is InChI=1S/C18H18N2O2/c1-2-22-18(21)12-17(14-8-4-3-5-9-14)20-13-19-15-10-6-7-11-16(15)20/h3-11,13,17H,2,12H2,1H3. The minimum absolute atomic E-state index is 0.118. The number of hydrogen-bond acceptors (Lipinski definition) is 3. The number of aromatic nitrogens is 2. The van der Waals surface area contributed by atoms with Gasteiger partial charge in [-0.1, -0.05) is 42.5 Å². The molecule has 4 heteroatoms. The van der Waals surface area contributed by atoms with Gasteiger partial charge in [0.15, 0.2) is 0 Å². The van der Waals surface area contributed by atoms with Gasteiger partial charge in [-0.05, 0) is 24.6 Å². The second-order valence-electron chi connectivity index (χ2n) is 5.08. The molecule has 3 rings (SSSR count). The first-order valence-corrected chi connectivity index (χ1v) is 7.41. The number of para-hydroxylation sites is 2. The van der Waals surface area contributed by atoms with Gasteiger partial charge >= 0.3 is 5.97 Å². The number of benzene rings is 2. The maximum atomic E-state index is 12.0. The third kappa shape index (κ3) is 2.86. The third-order valence-corrected chi connectivity index (χ3v) is 3.67. The molecule has 0 amide bonds. The first kappa shape index (κ1) is 14.3. The van der Waals surface area contributed by atoms with Gasteiger partial charge in [0.25, 0.3) is 0 Å². The second kappa shape index (κ2) is 6.43. The molecule has 0 aliphatic heterocycles. The van der Waals surface area contributed by atoms with Crippen LogP contribution in [0.4, 0.5) is 0 Å². The van der Waals surface area contributed by atoms with Crippen molar-refractivity contribution in [3.63, 3.8) is 0 Å². The van der Waals surface area contributed by atoms with Crippen molar-refractivity contribution >= 4 is 17.0 Å². The summed E-state index contributed by atoms with van der Waals surface area (Å²) in [5.41, 5.74) is 3.01. The number of imidazole rings is 1. The summed E-state index contributed by atoms with van der Waals surface area (Å²) >= 11 is 0. The smallest absolute Gasteiger partial charge is 0.308 e. The molecule has 0 aliphatic rings. The largest absolute Gasteiger partial charge is 0.466 e. The van der Waals surface area contributed by atoms with E-state index >= 15 is 0 Å². The SMILES string of the molecule is CCOC(=O)CC(c1ccccc1)n1cnc2ccccc21. The van der Waals surface area contributed by atoms with E-state index in [1.165, 1.54) is 0 Å². The van der Waals surface area contributed by atoms with Crippen LogP contribution in [0.25, 0.3) is 11.0 Å². The van der Waals surface area contributed by atoms with Gasteiger partial charge in [0.2, 0.25) is 0 Å². The Morgan fingerprint density at radius 1 is 1.14 bits per heavy atom. The van der Waals surface area contributed by atoms with Crippen molar-refractivity contribution in [1.82, 2.24) is 9.55 Å². The molecule has 1 aromatic heterocycles. The predicted molar refractivity (Wildman–Crippen MR) is 85.6 cm³/mol. The lowest BCUT2D eigenvalue weighted by molar-refractivity contribution is -0.143. The Balaban J connectivity index is 2.03. The average Bonchev–Trinajstić information content (AvgIpc) is 2.98. The summed E-state index contributed by atoms with van der Waals surface area (Å²) in [7, 11) is 0. The number of carbonyl (C=O) groups is 1. The van der Waals surface area contributed by atoms with Gasteiger partial charge in [-0.15, -0.1) is 0 Å². The number of ether oxygens (including phenoxy) is 1. The first-order chi connectivity index (χ1) is 10.8. The molecule has 0 saturated carbocycles. The van der Waals surface area contributed by atoms with Crippen LogP contribution < -0.4 is 0 Å². The van der Waals surface area contributed by atoms with Gasteiger partial charge in [0.1, 0.15) is 0 Å². The van der Waals surface area contributed by atoms with Crippen LogP contribution in [0.2, 0.25) is 0 Å². The Labute approximate surface area is 129 Å². The van der Waals surface area contributed by atoms with E-state index in [0.717, 1.165) is 16.6 Å². The molecule has 22 heavy (non-hydrogen) atoms. The lowest BCUT2D eigenvalue weighted by Gasteiger charge is -2.19. The highest BCUT2D eigenvalue weighted by atomic mass is 16.5. The van der Waals surface area contributed by atoms with Gasteiger partial charge in [-0.3, -0.25) is 4.79 Å². The zero-order chi connectivity index (χ0) is 15.4. The molecule has 1 unspecified atom stereocenters. The van der Waals surface area contributed by atoms with E-state index in [1.807, 2.05) is 66.1 Å². The van der Waals surface area contributed by atoms with E-state index in [2.05, 4.69) is 4.98 Å². The molecule has 0 saturated heterocycles. The summed E-state index contributed by atoms with van der Waals surface area (Å²) in [6, 6.07) is 17.8. The molecule has 4 nitrogen and oxygen atoms in total. The van der Waals surface area contributed by atoms with E-state index in [1.54, 1.807) is 6.33 Å². The van der Waals surface area contributed by atoms with Gasteiger partial charge < -0.3 is 9.30 Å². The highest BCUT2D eigenvalue weighted by Gasteiger charge is 2.20. The lowest BCUT2D eigenvalue weighted by Crippen LogP contribution is -2.16. The Bertz CT molecular complexity index is 765. The van der Waals surface area contributed by atoms with Crippen molar-refractivity contribution in [3.8, 4) is 0 Å². The Kier molecular flexibility index (Phi) is 4.19. The molecule has 1 heterocycles. The number of nitrogens with zero attached hydrogens (tertiary/aromatic N) is 2. The average molecular weight is 294 g/mol. The number of carbonyl (C=O) groups excluding carboxylic acids is 1. The molecule has 0 bridgehead atoms. The molecular weight excluding hydrogens is 276 g/mol. The second-order valence-corrected chi connectivity index (χ2v) is 5.08. The Morgan fingerprint density at radius 2 is 1.86 bits per heavy atom. The van der Waals surface area contributed by atoms with Crippen LogP contribution in [0.1, 0.15) is 24.9 Å². The third-order valence-electron chi connectivity index (χ3n) is 3.67. The maximum absolute atomic E-state index is 12.0.